The molecular formula is C10H17NO3. The molecule has 0 aromatic heterocycles. The molecule has 0 bridgehead atoms. The third-order valence-electron chi connectivity index (χ3n) is 2.47. The number of rotatable bonds is 4. The molecule has 0 saturated carbocycles. The molecule has 1 rings (SSSR count). The van der Waals surface area contributed by atoms with Crippen LogP contribution < -0.4 is 0 Å². The number of esters is 1. The van der Waals surface area contributed by atoms with Crippen molar-refractivity contribution in [3.05, 3.63) is 0 Å². The summed E-state index contributed by atoms with van der Waals surface area (Å²) < 4.78 is 4.84. The van der Waals surface area contributed by atoms with Gasteiger partial charge >= 0.3 is 5.97 Å². The molecule has 0 amide bonds. The largest absolute Gasteiger partial charge is 0.465 e. The molecule has 0 aromatic carbocycles. The first kappa shape index (κ1) is 11.2. The molecule has 1 aliphatic rings. The van der Waals surface area contributed by atoms with Crippen LogP contribution in [0.4, 0.5) is 0 Å². The fraction of sp³-hybridized carbons (Fsp3) is 0.800. The summed E-state index contributed by atoms with van der Waals surface area (Å²) in [5.74, 6) is -0.0903. The molecule has 1 unspecified atom stereocenters. The summed E-state index contributed by atoms with van der Waals surface area (Å²) >= 11 is 0. The standard InChI is InChI=1S/C10H17NO3/c1-3-14-10(13)7-11-6-4-5-9(11)8(2)12/h9H,3-7H2,1-2H3. The molecule has 80 valence electrons. The number of carbonyl (C=O) groups is 2. The highest BCUT2D eigenvalue weighted by molar-refractivity contribution is 5.82. The normalized spacial score (nSPS) is 22.3. The Morgan fingerprint density at radius 3 is 2.79 bits per heavy atom. The minimum Gasteiger partial charge on any atom is -0.465 e. The average Bonchev–Trinajstić information content (AvgIpc) is 2.52. The zero-order chi connectivity index (χ0) is 10.6. The first-order valence-electron chi connectivity index (χ1n) is 5.05. The van der Waals surface area contributed by atoms with E-state index in [-0.39, 0.29) is 24.3 Å². The monoisotopic (exact) mass is 199 g/mol. The predicted molar refractivity (Wildman–Crippen MR) is 51.9 cm³/mol. The molecule has 1 saturated heterocycles. The predicted octanol–water partition coefficient (Wildman–Crippen LogP) is 0.603. The van der Waals surface area contributed by atoms with Gasteiger partial charge in [-0.25, -0.2) is 0 Å². The van der Waals surface area contributed by atoms with Crippen molar-refractivity contribution >= 4 is 11.8 Å². The molecule has 1 atom stereocenters. The maximum atomic E-state index is 11.2. The van der Waals surface area contributed by atoms with Gasteiger partial charge in [0.1, 0.15) is 5.78 Å². The van der Waals surface area contributed by atoms with Crippen LogP contribution in [0.25, 0.3) is 0 Å². The van der Waals surface area contributed by atoms with Crippen LogP contribution in [-0.2, 0) is 14.3 Å². The molecule has 0 N–H and O–H groups in total. The summed E-state index contributed by atoms with van der Waals surface area (Å²) in [4.78, 5) is 24.3. The van der Waals surface area contributed by atoms with Gasteiger partial charge in [-0.2, -0.15) is 0 Å². The van der Waals surface area contributed by atoms with Crippen LogP contribution in [0.2, 0.25) is 0 Å². The van der Waals surface area contributed by atoms with Crippen molar-refractivity contribution in [2.24, 2.45) is 0 Å². The van der Waals surface area contributed by atoms with E-state index in [0.29, 0.717) is 6.61 Å². The highest BCUT2D eigenvalue weighted by atomic mass is 16.5. The highest BCUT2D eigenvalue weighted by Gasteiger charge is 2.29. The average molecular weight is 199 g/mol. The molecule has 14 heavy (non-hydrogen) atoms. The van der Waals surface area contributed by atoms with Crippen LogP contribution in [0.15, 0.2) is 0 Å². The molecule has 1 aliphatic heterocycles. The SMILES string of the molecule is CCOC(=O)CN1CCCC1C(C)=O. The molecule has 4 heteroatoms. The highest BCUT2D eigenvalue weighted by Crippen LogP contribution is 2.17. The Balaban J connectivity index is 2.43. The summed E-state index contributed by atoms with van der Waals surface area (Å²) in [5, 5.41) is 0. The topological polar surface area (TPSA) is 46.6 Å². The van der Waals surface area contributed by atoms with Crippen LogP contribution in [0.3, 0.4) is 0 Å². The number of likely N-dealkylation sites (tertiary alicyclic amines) is 1. The molecule has 0 radical (unpaired) electrons. The van der Waals surface area contributed by atoms with Gasteiger partial charge in [-0.15, -0.1) is 0 Å². The van der Waals surface area contributed by atoms with Gasteiger partial charge in [0, 0.05) is 0 Å². The molecular weight excluding hydrogens is 182 g/mol. The first-order chi connectivity index (χ1) is 6.65. The van der Waals surface area contributed by atoms with E-state index >= 15 is 0 Å². The maximum absolute atomic E-state index is 11.2. The van der Waals surface area contributed by atoms with Crippen LogP contribution in [0, 0.1) is 0 Å². The second kappa shape index (κ2) is 5.10. The van der Waals surface area contributed by atoms with Gasteiger partial charge in [-0.3, -0.25) is 14.5 Å². The number of ketones is 1. The number of carbonyl (C=O) groups excluding carboxylic acids is 2. The fourth-order valence-corrected chi connectivity index (χ4v) is 1.85. The smallest absolute Gasteiger partial charge is 0.320 e. The first-order valence-corrected chi connectivity index (χ1v) is 5.05. The summed E-state index contributed by atoms with van der Waals surface area (Å²) in [6.07, 6.45) is 1.86. The second-order valence-electron chi connectivity index (χ2n) is 3.54. The fourth-order valence-electron chi connectivity index (χ4n) is 1.85. The Hall–Kier alpha value is -0.900. The van der Waals surface area contributed by atoms with Crippen molar-refractivity contribution in [1.82, 2.24) is 4.90 Å². The van der Waals surface area contributed by atoms with Crippen LogP contribution >= 0.6 is 0 Å². The van der Waals surface area contributed by atoms with Gasteiger partial charge in [0.25, 0.3) is 0 Å². The summed E-state index contributed by atoms with van der Waals surface area (Å²) in [6.45, 7) is 4.83. The van der Waals surface area contributed by atoms with Gasteiger partial charge in [0.05, 0.1) is 19.2 Å². The van der Waals surface area contributed by atoms with Crippen LogP contribution in [0.1, 0.15) is 26.7 Å². The Morgan fingerprint density at radius 2 is 2.21 bits per heavy atom. The van der Waals surface area contributed by atoms with Gasteiger partial charge in [0.2, 0.25) is 0 Å². The quantitative estimate of drug-likeness (QED) is 0.622. The van der Waals surface area contributed by atoms with E-state index in [2.05, 4.69) is 0 Å². The Bertz CT molecular complexity index is 227. The van der Waals surface area contributed by atoms with Gasteiger partial charge < -0.3 is 4.74 Å². The number of nitrogens with zero attached hydrogens (tertiary/aromatic N) is 1. The van der Waals surface area contributed by atoms with Gasteiger partial charge in [0.15, 0.2) is 0 Å². The van der Waals surface area contributed by atoms with E-state index < -0.39 is 0 Å². The summed E-state index contributed by atoms with van der Waals surface area (Å²) in [7, 11) is 0. The summed E-state index contributed by atoms with van der Waals surface area (Å²) in [5.41, 5.74) is 0. The Kier molecular flexibility index (Phi) is 4.07. The zero-order valence-corrected chi connectivity index (χ0v) is 8.78. The van der Waals surface area contributed by atoms with Crippen LogP contribution in [0.5, 0.6) is 0 Å². The van der Waals surface area contributed by atoms with E-state index in [4.69, 9.17) is 4.74 Å². The van der Waals surface area contributed by atoms with E-state index in [1.165, 1.54) is 0 Å². The third-order valence-corrected chi connectivity index (χ3v) is 2.47. The molecule has 0 aromatic rings. The molecule has 0 aliphatic carbocycles. The number of ether oxygens (including phenoxy) is 1. The van der Waals surface area contributed by atoms with Crippen molar-refractivity contribution in [2.75, 3.05) is 19.7 Å². The van der Waals surface area contributed by atoms with Gasteiger partial charge in [-0.05, 0) is 33.2 Å². The van der Waals surface area contributed by atoms with Crippen LogP contribution in [-0.4, -0.2) is 42.4 Å². The Morgan fingerprint density at radius 1 is 1.50 bits per heavy atom. The maximum Gasteiger partial charge on any atom is 0.320 e. The second-order valence-corrected chi connectivity index (χ2v) is 3.54. The van der Waals surface area contributed by atoms with Gasteiger partial charge in [-0.1, -0.05) is 0 Å². The molecule has 4 nitrogen and oxygen atoms in total. The minimum atomic E-state index is -0.236. The van der Waals surface area contributed by atoms with Crippen molar-refractivity contribution < 1.29 is 14.3 Å². The van der Waals surface area contributed by atoms with E-state index in [1.807, 2.05) is 4.90 Å². The minimum absolute atomic E-state index is 0.0700. The number of hydrogen-bond acceptors (Lipinski definition) is 4. The third kappa shape index (κ3) is 2.80. The molecule has 1 fully saturated rings. The molecule has 0 spiro atoms. The van der Waals surface area contributed by atoms with E-state index in [1.54, 1.807) is 13.8 Å². The molecule has 1 heterocycles. The van der Waals surface area contributed by atoms with Crippen molar-refractivity contribution in [3.63, 3.8) is 0 Å². The van der Waals surface area contributed by atoms with Crippen molar-refractivity contribution in [1.29, 1.82) is 0 Å². The number of hydrogen-bond donors (Lipinski definition) is 0. The lowest BCUT2D eigenvalue weighted by Crippen LogP contribution is -2.38. The van der Waals surface area contributed by atoms with E-state index in [0.717, 1.165) is 19.4 Å². The zero-order valence-electron chi connectivity index (χ0n) is 8.78. The lowest BCUT2D eigenvalue weighted by atomic mass is 10.1. The van der Waals surface area contributed by atoms with Crippen molar-refractivity contribution in [2.45, 2.75) is 32.7 Å². The summed E-state index contributed by atoms with van der Waals surface area (Å²) in [6, 6.07) is -0.0700. The van der Waals surface area contributed by atoms with Crippen molar-refractivity contribution in [3.8, 4) is 0 Å². The number of Topliss-reactive ketones (excluding diaryl/α,β-unsaturated/α-hetero) is 1. The van der Waals surface area contributed by atoms with E-state index in [9.17, 15) is 9.59 Å². The lowest BCUT2D eigenvalue weighted by Gasteiger charge is -2.20. The Labute approximate surface area is 84.2 Å². The lowest BCUT2D eigenvalue weighted by molar-refractivity contribution is -0.144.